The van der Waals surface area contributed by atoms with Gasteiger partial charge in [0.2, 0.25) is 0 Å². The van der Waals surface area contributed by atoms with E-state index in [2.05, 4.69) is 10.4 Å². The zero-order chi connectivity index (χ0) is 26.3. The van der Waals surface area contributed by atoms with Crippen LogP contribution < -0.4 is 5.32 Å². The SMILES string of the molecule is Cn1cc(-c2cc3c4c(ccc3n2C(=O)OCc2ccccc2)[C@H](NC(=O)OC(C)(C)C)[C@H](F)C4)cn1. The fourth-order valence-electron chi connectivity index (χ4n) is 4.73. The molecule has 2 aromatic heterocycles. The number of rotatable bonds is 4. The number of nitrogens with zero attached hydrogens (tertiary/aromatic N) is 3. The Labute approximate surface area is 214 Å². The first-order chi connectivity index (χ1) is 17.6. The van der Waals surface area contributed by atoms with Crippen molar-refractivity contribution in [2.24, 2.45) is 7.05 Å². The number of benzene rings is 2. The summed E-state index contributed by atoms with van der Waals surface area (Å²) >= 11 is 0. The Balaban J connectivity index is 1.53. The van der Waals surface area contributed by atoms with Crippen LogP contribution >= 0.6 is 0 Å². The fourth-order valence-corrected chi connectivity index (χ4v) is 4.73. The predicted octanol–water partition coefficient (Wildman–Crippen LogP) is 5.69. The van der Waals surface area contributed by atoms with Gasteiger partial charge in [-0.2, -0.15) is 5.10 Å². The van der Waals surface area contributed by atoms with Crippen LogP contribution in [0.1, 0.15) is 43.5 Å². The number of aryl methyl sites for hydroxylation is 1. The van der Waals surface area contributed by atoms with Gasteiger partial charge in [0.25, 0.3) is 0 Å². The molecule has 1 aliphatic rings. The van der Waals surface area contributed by atoms with Crippen LogP contribution in [-0.2, 0) is 29.5 Å². The second-order valence-electron chi connectivity index (χ2n) is 10.2. The number of ether oxygens (including phenoxy) is 2. The van der Waals surface area contributed by atoms with Crippen molar-refractivity contribution >= 4 is 23.1 Å². The molecule has 0 aliphatic heterocycles. The summed E-state index contributed by atoms with van der Waals surface area (Å²) < 4.78 is 29.4. The molecule has 5 rings (SSSR count). The molecule has 8 nitrogen and oxygen atoms in total. The standard InChI is InChI=1S/C28H29FN4O4/c1-28(2,3)37-26(34)31-25-19-10-11-23-21(20(19)12-22(25)29)13-24(18-14-30-32(4)15-18)33(23)27(35)36-16-17-8-6-5-7-9-17/h5-11,13-15,22,25H,12,16H2,1-4H3,(H,31,34)/t22-,25+/m1/s1. The molecule has 0 unspecified atom stereocenters. The Kier molecular flexibility index (Phi) is 6.23. The van der Waals surface area contributed by atoms with Crippen molar-refractivity contribution in [3.05, 3.63) is 77.6 Å². The van der Waals surface area contributed by atoms with Gasteiger partial charge in [-0.15, -0.1) is 0 Å². The van der Waals surface area contributed by atoms with E-state index in [1.807, 2.05) is 36.4 Å². The van der Waals surface area contributed by atoms with E-state index in [0.717, 1.165) is 22.1 Å². The lowest BCUT2D eigenvalue weighted by atomic mass is 10.0. The van der Waals surface area contributed by atoms with Gasteiger partial charge in [0.15, 0.2) is 0 Å². The molecule has 37 heavy (non-hydrogen) atoms. The van der Waals surface area contributed by atoms with E-state index in [9.17, 15) is 9.59 Å². The molecular formula is C28H29FN4O4. The maximum absolute atomic E-state index is 15.2. The number of carbonyl (C=O) groups excluding carboxylic acids is 2. The molecular weight excluding hydrogens is 475 g/mol. The lowest BCUT2D eigenvalue weighted by Gasteiger charge is -2.23. The predicted molar refractivity (Wildman–Crippen MR) is 137 cm³/mol. The van der Waals surface area contributed by atoms with Gasteiger partial charge in [-0.1, -0.05) is 36.4 Å². The minimum atomic E-state index is -1.33. The first-order valence-corrected chi connectivity index (χ1v) is 12.1. The van der Waals surface area contributed by atoms with E-state index < -0.39 is 30.0 Å². The summed E-state index contributed by atoms with van der Waals surface area (Å²) in [5.74, 6) is 0. The lowest BCUT2D eigenvalue weighted by Crippen LogP contribution is -2.37. The van der Waals surface area contributed by atoms with Gasteiger partial charge in [-0.25, -0.2) is 18.5 Å². The number of alkyl carbamates (subject to hydrolysis) is 1. The van der Waals surface area contributed by atoms with Crippen LogP contribution in [0.5, 0.6) is 0 Å². The van der Waals surface area contributed by atoms with Crippen LogP contribution in [0.3, 0.4) is 0 Å². The molecule has 192 valence electrons. The topological polar surface area (TPSA) is 87.4 Å². The van der Waals surface area contributed by atoms with E-state index in [1.54, 1.807) is 57.0 Å². The number of nitrogens with one attached hydrogen (secondary N) is 1. The highest BCUT2D eigenvalue weighted by molar-refractivity contribution is 5.98. The number of aromatic nitrogens is 3. The molecule has 4 aromatic rings. The number of carbonyl (C=O) groups is 2. The van der Waals surface area contributed by atoms with E-state index in [-0.39, 0.29) is 13.0 Å². The molecule has 2 atom stereocenters. The Morgan fingerprint density at radius 2 is 1.92 bits per heavy atom. The molecule has 0 bridgehead atoms. The van der Waals surface area contributed by atoms with Crippen molar-refractivity contribution in [3.63, 3.8) is 0 Å². The molecule has 0 fully saturated rings. The van der Waals surface area contributed by atoms with Gasteiger partial charge in [-0.3, -0.25) is 4.68 Å². The monoisotopic (exact) mass is 504 g/mol. The van der Waals surface area contributed by atoms with Crippen LogP contribution in [0, 0.1) is 0 Å². The number of hydrogen-bond acceptors (Lipinski definition) is 5. The Hall–Kier alpha value is -4.14. The van der Waals surface area contributed by atoms with Crippen LogP contribution in [0.2, 0.25) is 0 Å². The summed E-state index contributed by atoms with van der Waals surface area (Å²) in [4.78, 5) is 25.7. The van der Waals surface area contributed by atoms with Gasteiger partial charge < -0.3 is 14.8 Å². The van der Waals surface area contributed by atoms with Crippen LogP contribution in [-0.4, -0.2) is 38.3 Å². The summed E-state index contributed by atoms with van der Waals surface area (Å²) in [5.41, 5.74) is 3.49. The normalized spacial score (nSPS) is 17.0. The molecule has 1 N–H and O–H groups in total. The van der Waals surface area contributed by atoms with Gasteiger partial charge in [0.05, 0.1) is 23.4 Å². The van der Waals surface area contributed by atoms with Gasteiger partial charge >= 0.3 is 12.2 Å². The third kappa shape index (κ3) is 4.94. The summed E-state index contributed by atoms with van der Waals surface area (Å²) in [6.07, 6.45) is 1.02. The van der Waals surface area contributed by atoms with Crippen LogP contribution in [0.25, 0.3) is 22.2 Å². The molecule has 1 amide bonds. The van der Waals surface area contributed by atoms with Gasteiger partial charge in [0, 0.05) is 30.6 Å². The maximum atomic E-state index is 15.2. The van der Waals surface area contributed by atoms with Gasteiger partial charge in [-0.05, 0) is 49.6 Å². The number of hydrogen-bond donors (Lipinski definition) is 1. The van der Waals surface area contributed by atoms with Crippen LogP contribution in [0.4, 0.5) is 14.0 Å². The van der Waals surface area contributed by atoms with E-state index in [1.165, 1.54) is 4.57 Å². The van der Waals surface area contributed by atoms with Crippen molar-refractivity contribution in [1.82, 2.24) is 19.7 Å². The fraction of sp³-hybridized carbons (Fsp3) is 0.321. The minimum Gasteiger partial charge on any atom is -0.444 e. The van der Waals surface area contributed by atoms with Crippen molar-refractivity contribution in [2.45, 2.75) is 51.6 Å². The highest BCUT2D eigenvalue weighted by Crippen LogP contribution is 2.41. The third-order valence-electron chi connectivity index (χ3n) is 6.29. The van der Waals surface area contributed by atoms with Crippen molar-refractivity contribution in [3.8, 4) is 11.3 Å². The Bertz CT molecular complexity index is 1470. The molecule has 0 saturated carbocycles. The summed E-state index contributed by atoms with van der Waals surface area (Å²) in [6, 6.07) is 14.0. The molecule has 0 saturated heterocycles. The average Bonchev–Trinajstić information content (AvgIpc) is 3.52. The first-order valence-electron chi connectivity index (χ1n) is 12.1. The number of fused-ring (bicyclic) bond motifs is 3. The average molecular weight is 505 g/mol. The number of amides is 1. The molecule has 2 aromatic carbocycles. The van der Waals surface area contributed by atoms with Gasteiger partial charge in [0.1, 0.15) is 18.4 Å². The first kappa shape index (κ1) is 24.5. The lowest BCUT2D eigenvalue weighted by molar-refractivity contribution is 0.0479. The number of alkyl halides is 1. The Morgan fingerprint density at radius 1 is 1.16 bits per heavy atom. The quantitative estimate of drug-likeness (QED) is 0.386. The highest BCUT2D eigenvalue weighted by Gasteiger charge is 2.37. The van der Waals surface area contributed by atoms with E-state index in [0.29, 0.717) is 16.8 Å². The minimum absolute atomic E-state index is 0.0999. The second kappa shape index (κ2) is 9.38. The summed E-state index contributed by atoms with van der Waals surface area (Å²) in [7, 11) is 1.79. The second-order valence-corrected chi connectivity index (χ2v) is 10.2. The van der Waals surface area contributed by atoms with E-state index >= 15 is 4.39 Å². The zero-order valence-electron chi connectivity index (χ0n) is 21.2. The van der Waals surface area contributed by atoms with Crippen LogP contribution in [0.15, 0.2) is 60.9 Å². The molecule has 0 radical (unpaired) electrons. The highest BCUT2D eigenvalue weighted by atomic mass is 19.1. The Morgan fingerprint density at radius 3 is 2.59 bits per heavy atom. The van der Waals surface area contributed by atoms with Crippen molar-refractivity contribution < 1.29 is 23.5 Å². The maximum Gasteiger partial charge on any atom is 0.419 e. The summed E-state index contributed by atoms with van der Waals surface area (Å²) in [6.45, 7) is 5.38. The molecule has 0 spiro atoms. The van der Waals surface area contributed by atoms with E-state index in [4.69, 9.17) is 9.47 Å². The third-order valence-corrected chi connectivity index (χ3v) is 6.29. The molecule has 9 heteroatoms. The summed E-state index contributed by atoms with van der Waals surface area (Å²) in [5, 5.41) is 7.65. The molecule has 2 heterocycles. The smallest absolute Gasteiger partial charge is 0.419 e. The molecule has 1 aliphatic carbocycles. The number of halogens is 1. The zero-order valence-corrected chi connectivity index (χ0v) is 21.2. The van der Waals surface area contributed by atoms with Crippen molar-refractivity contribution in [2.75, 3.05) is 0 Å². The largest absolute Gasteiger partial charge is 0.444 e. The van der Waals surface area contributed by atoms with Crippen molar-refractivity contribution in [1.29, 1.82) is 0 Å².